The Balaban J connectivity index is 1.90. The highest BCUT2D eigenvalue weighted by atomic mass is 35.5. The van der Waals surface area contributed by atoms with Crippen molar-refractivity contribution in [3.63, 3.8) is 0 Å². The Morgan fingerprint density at radius 3 is 2.83 bits per heavy atom. The van der Waals surface area contributed by atoms with E-state index in [1.165, 1.54) is 25.0 Å². The van der Waals surface area contributed by atoms with Crippen molar-refractivity contribution in [1.82, 2.24) is 9.55 Å². The Kier molecular flexibility index (Phi) is 8.73. The third-order valence-corrected chi connectivity index (χ3v) is 6.81. The highest BCUT2D eigenvalue weighted by molar-refractivity contribution is 8.03. The third-order valence-electron chi connectivity index (χ3n) is 3.39. The molecule has 0 bridgehead atoms. The predicted octanol–water partition coefficient (Wildman–Crippen LogP) is 6.27. The number of unbranched alkanes of at least 4 members (excludes halogenated alkanes) is 2. The average molecular weight is 389 g/mol. The van der Waals surface area contributed by atoms with Crippen LogP contribution in [0.1, 0.15) is 26.2 Å². The summed E-state index contributed by atoms with van der Waals surface area (Å²) in [7, 11) is 0. The molecule has 0 N–H and O–H groups in total. The molecule has 0 saturated carbocycles. The van der Waals surface area contributed by atoms with Gasteiger partial charge in [-0.25, -0.2) is 4.98 Å². The summed E-state index contributed by atoms with van der Waals surface area (Å²) in [5, 5.41) is 1.96. The van der Waals surface area contributed by atoms with Crippen LogP contribution in [0.4, 0.5) is 0 Å². The summed E-state index contributed by atoms with van der Waals surface area (Å²) in [6.07, 6.45) is 9.61. The first-order valence-electron chi connectivity index (χ1n) is 7.84. The van der Waals surface area contributed by atoms with E-state index in [1.54, 1.807) is 11.8 Å². The molecule has 1 unspecified atom stereocenters. The normalized spacial score (nSPS) is 12.5. The number of aromatic nitrogens is 2. The van der Waals surface area contributed by atoms with Crippen LogP contribution >= 0.6 is 46.7 Å². The molecule has 2 nitrogen and oxygen atoms in total. The number of thioether (sulfide) groups is 2. The van der Waals surface area contributed by atoms with E-state index >= 15 is 0 Å². The molecule has 0 aliphatic carbocycles. The third kappa shape index (κ3) is 7.00. The molecule has 0 aliphatic rings. The minimum atomic E-state index is 0.540. The summed E-state index contributed by atoms with van der Waals surface area (Å²) in [5.41, 5.74) is 0. The second-order valence-electron chi connectivity index (χ2n) is 5.35. The molecular weight excluding hydrogens is 367 g/mol. The zero-order chi connectivity index (χ0) is 16.5. The first-order chi connectivity index (χ1) is 11.2. The van der Waals surface area contributed by atoms with Gasteiger partial charge in [-0.2, -0.15) is 11.8 Å². The fourth-order valence-electron chi connectivity index (χ4n) is 2.16. The zero-order valence-corrected chi connectivity index (χ0v) is 16.4. The molecule has 23 heavy (non-hydrogen) atoms. The maximum absolute atomic E-state index is 6.27. The molecule has 126 valence electrons. The van der Waals surface area contributed by atoms with Gasteiger partial charge < -0.3 is 4.57 Å². The monoisotopic (exact) mass is 388 g/mol. The van der Waals surface area contributed by atoms with E-state index in [0.29, 0.717) is 10.3 Å². The number of nitrogens with zero attached hydrogens (tertiary/aromatic N) is 2. The lowest BCUT2D eigenvalue weighted by molar-refractivity contribution is 0.693. The van der Waals surface area contributed by atoms with Crippen molar-refractivity contribution < 1.29 is 0 Å². The van der Waals surface area contributed by atoms with Crippen LogP contribution in [-0.2, 0) is 6.54 Å². The topological polar surface area (TPSA) is 17.8 Å². The van der Waals surface area contributed by atoms with Gasteiger partial charge in [0.15, 0.2) is 0 Å². The number of imidazole rings is 1. The van der Waals surface area contributed by atoms with Gasteiger partial charge >= 0.3 is 0 Å². The molecule has 1 aromatic heterocycles. The molecule has 6 heteroatoms. The summed E-state index contributed by atoms with van der Waals surface area (Å²) in [5.74, 6) is 2.23. The van der Waals surface area contributed by atoms with Gasteiger partial charge in [-0.1, -0.05) is 43.0 Å². The van der Waals surface area contributed by atoms with Gasteiger partial charge in [0.25, 0.3) is 0 Å². The maximum Gasteiger partial charge on any atom is 0.0946 e. The summed E-state index contributed by atoms with van der Waals surface area (Å²) >= 11 is 16.1. The van der Waals surface area contributed by atoms with Crippen molar-refractivity contribution in [2.75, 3.05) is 11.5 Å². The van der Waals surface area contributed by atoms with Gasteiger partial charge in [0.2, 0.25) is 0 Å². The molecular formula is C17H22Cl2N2S2. The van der Waals surface area contributed by atoms with E-state index in [4.69, 9.17) is 23.2 Å². The average Bonchev–Trinajstić information content (AvgIpc) is 3.03. The van der Waals surface area contributed by atoms with Crippen LogP contribution in [0, 0.1) is 0 Å². The van der Waals surface area contributed by atoms with Crippen LogP contribution in [0.2, 0.25) is 10.0 Å². The van der Waals surface area contributed by atoms with Crippen LogP contribution in [-0.4, -0.2) is 26.3 Å². The van der Waals surface area contributed by atoms with Crippen LogP contribution < -0.4 is 0 Å². The quantitative estimate of drug-likeness (QED) is 0.352. The largest absolute Gasteiger partial charge is 0.336 e. The maximum atomic E-state index is 6.27. The molecule has 0 saturated heterocycles. The first kappa shape index (κ1) is 19.0. The highest BCUT2D eigenvalue weighted by Crippen LogP contribution is 2.32. The van der Waals surface area contributed by atoms with E-state index in [9.17, 15) is 0 Å². The number of benzene rings is 1. The van der Waals surface area contributed by atoms with Crippen molar-refractivity contribution in [2.45, 2.75) is 42.9 Å². The van der Waals surface area contributed by atoms with E-state index in [1.807, 2.05) is 48.7 Å². The lowest BCUT2D eigenvalue weighted by Gasteiger charge is -2.17. The minimum Gasteiger partial charge on any atom is -0.336 e. The van der Waals surface area contributed by atoms with E-state index in [0.717, 1.165) is 22.2 Å². The number of hydrogen-bond donors (Lipinski definition) is 0. The van der Waals surface area contributed by atoms with Gasteiger partial charge in [-0.15, -0.1) is 11.8 Å². The Labute approximate surface area is 157 Å². The Bertz CT molecular complexity index is 576. The van der Waals surface area contributed by atoms with Gasteiger partial charge in [0, 0.05) is 39.9 Å². The second kappa shape index (κ2) is 10.5. The van der Waals surface area contributed by atoms with E-state index < -0.39 is 0 Å². The summed E-state index contributed by atoms with van der Waals surface area (Å²) in [4.78, 5) is 5.24. The predicted molar refractivity (Wildman–Crippen MR) is 105 cm³/mol. The van der Waals surface area contributed by atoms with E-state index in [2.05, 4.69) is 16.5 Å². The zero-order valence-electron chi connectivity index (χ0n) is 13.3. The van der Waals surface area contributed by atoms with Crippen LogP contribution in [0.5, 0.6) is 0 Å². The Morgan fingerprint density at radius 2 is 2.13 bits per heavy atom. The molecule has 0 radical (unpaired) electrons. The molecule has 2 aromatic rings. The van der Waals surface area contributed by atoms with Crippen molar-refractivity contribution in [3.8, 4) is 0 Å². The molecule has 0 fully saturated rings. The van der Waals surface area contributed by atoms with Gasteiger partial charge in [-0.05, 0) is 30.4 Å². The van der Waals surface area contributed by atoms with Crippen LogP contribution in [0.3, 0.4) is 0 Å². The summed E-state index contributed by atoms with van der Waals surface area (Å²) in [6, 6.07) is 5.71. The lowest BCUT2D eigenvalue weighted by atomic mass is 10.3. The smallest absolute Gasteiger partial charge is 0.0946 e. The number of hydrogen-bond acceptors (Lipinski definition) is 3. The standard InChI is InChI=1S/C17H22Cl2N2S2/c1-2-3-4-9-22-15(11-21-8-7-20-13-21)12-23-17-6-5-14(18)10-16(17)19/h5-8,10,13,15H,2-4,9,11-12H2,1H3. The molecule has 1 aromatic carbocycles. The van der Waals surface area contributed by atoms with Crippen molar-refractivity contribution in [3.05, 3.63) is 47.0 Å². The Hall–Kier alpha value is -0.290. The van der Waals surface area contributed by atoms with Crippen molar-refractivity contribution >= 4 is 46.7 Å². The molecule has 2 rings (SSSR count). The number of rotatable bonds is 10. The van der Waals surface area contributed by atoms with Crippen LogP contribution in [0.25, 0.3) is 0 Å². The Morgan fingerprint density at radius 1 is 1.26 bits per heavy atom. The minimum absolute atomic E-state index is 0.540. The fraction of sp³-hybridized carbons (Fsp3) is 0.471. The molecule has 1 atom stereocenters. The molecule has 0 aliphatic heterocycles. The highest BCUT2D eigenvalue weighted by Gasteiger charge is 2.12. The fourth-order valence-corrected chi connectivity index (χ4v) is 5.14. The van der Waals surface area contributed by atoms with Gasteiger partial charge in [0.1, 0.15) is 0 Å². The molecule has 0 amide bonds. The van der Waals surface area contributed by atoms with Crippen molar-refractivity contribution in [2.24, 2.45) is 0 Å². The summed E-state index contributed by atoms with van der Waals surface area (Å²) in [6.45, 7) is 3.22. The molecule has 0 spiro atoms. The van der Waals surface area contributed by atoms with E-state index in [-0.39, 0.29) is 0 Å². The van der Waals surface area contributed by atoms with Gasteiger partial charge in [0.05, 0.1) is 11.3 Å². The molecule has 1 heterocycles. The second-order valence-corrected chi connectivity index (χ2v) is 8.66. The number of halogens is 2. The van der Waals surface area contributed by atoms with Crippen LogP contribution in [0.15, 0.2) is 41.8 Å². The van der Waals surface area contributed by atoms with Gasteiger partial charge in [-0.3, -0.25) is 0 Å². The SMILES string of the molecule is CCCCCSC(CSc1ccc(Cl)cc1Cl)Cn1ccnc1. The summed E-state index contributed by atoms with van der Waals surface area (Å²) < 4.78 is 2.15. The first-order valence-corrected chi connectivity index (χ1v) is 10.6. The van der Waals surface area contributed by atoms with Crippen molar-refractivity contribution in [1.29, 1.82) is 0 Å². The lowest BCUT2D eigenvalue weighted by Crippen LogP contribution is -2.15.